The lowest BCUT2D eigenvalue weighted by Gasteiger charge is -2.32. The molecule has 0 saturated carbocycles. The maximum atomic E-state index is 13.9. The molecule has 0 bridgehead atoms. The van der Waals surface area contributed by atoms with Gasteiger partial charge in [-0.15, -0.1) is 11.3 Å². The zero-order chi connectivity index (χ0) is 29.6. The second kappa shape index (κ2) is 13.8. The second-order valence-electron chi connectivity index (χ2n) is 10.2. The van der Waals surface area contributed by atoms with E-state index < -0.39 is 5.82 Å². The monoisotopic (exact) mass is 622 g/mol. The highest BCUT2D eigenvalue weighted by Crippen LogP contribution is 2.43. The molecule has 2 heterocycles. The molecular formula is C33H32ClFN2O3S2. The molecule has 0 unspecified atom stereocenters. The summed E-state index contributed by atoms with van der Waals surface area (Å²) >= 11 is 9.62. The van der Waals surface area contributed by atoms with E-state index in [-0.39, 0.29) is 22.6 Å². The van der Waals surface area contributed by atoms with E-state index in [0.717, 1.165) is 65.5 Å². The lowest BCUT2D eigenvalue weighted by Crippen LogP contribution is -2.38. The molecule has 1 aromatic heterocycles. The van der Waals surface area contributed by atoms with Gasteiger partial charge in [0.2, 0.25) is 11.7 Å². The van der Waals surface area contributed by atoms with Gasteiger partial charge in [-0.25, -0.2) is 4.39 Å². The molecule has 1 aliphatic rings. The normalized spacial score (nSPS) is 13.7. The molecule has 1 aliphatic heterocycles. The minimum Gasteiger partial charge on any atom is -0.494 e. The molecule has 5 nitrogen and oxygen atoms in total. The van der Waals surface area contributed by atoms with Gasteiger partial charge in [-0.3, -0.25) is 9.59 Å². The summed E-state index contributed by atoms with van der Waals surface area (Å²) in [6.45, 7) is 2.15. The molecule has 218 valence electrons. The lowest BCUT2D eigenvalue weighted by atomic mass is 9.96. The average Bonchev–Trinajstić information content (AvgIpc) is 3.44. The Morgan fingerprint density at radius 1 is 1.02 bits per heavy atom. The van der Waals surface area contributed by atoms with Gasteiger partial charge >= 0.3 is 0 Å². The minimum atomic E-state index is -0.417. The highest BCUT2D eigenvalue weighted by molar-refractivity contribution is 7.98. The SMILES string of the molecule is CSCCCOc1ccc(-c2cc(C(=O)c3ccc(N4CCC(C(N)=O)CC4)cc3)sc2-c2ccc(F)cc2Cl)cc1. The van der Waals surface area contributed by atoms with Crippen LogP contribution in [0.25, 0.3) is 21.6 Å². The van der Waals surface area contributed by atoms with Crippen molar-refractivity contribution in [1.82, 2.24) is 0 Å². The number of benzene rings is 3. The zero-order valence-electron chi connectivity index (χ0n) is 23.3. The molecule has 3 aromatic carbocycles. The molecule has 42 heavy (non-hydrogen) atoms. The van der Waals surface area contributed by atoms with E-state index in [0.29, 0.717) is 22.6 Å². The summed E-state index contributed by atoms with van der Waals surface area (Å²) in [7, 11) is 0. The quantitative estimate of drug-likeness (QED) is 0.136. The summed E-state index contributed by atoms with van der Waals surface area (Å²) in [6, 6.07) is 21.6. The number of nitrogens with two attached hydrogens (primary N) is 1. The smallest absolute Gasteiger partial charge is 0.220 e. The number of rotatable bonds is 11. The molecule has 1 amide bonds. The van der Waals surface area contributed by atoms with Crippen LogP contribution in [0.2, 0.25) is 5.02 Å². The van der Waals surface area contributed by atoms with Crippen LogP contribution in [0.3, 0.4) is 0 Å². The van der Waals surface area contributed by atoms with Crippen molar-refractivity contribution >= 4 is 52.1 Å². The number of hydrogen-bond donors (Lipinski definition) is 1. The fourth-order valence-corrected chi connectivity index (χ4v) is 7.01. The lowest BCUT2D eigenvalue weighted by molar-refractivity contribution is -0.122. The number of halogens is 2. The van der Waals surface area contributed by atoms with Crippen molar-refractivity contribution < 1.29 is 18.7 Å². The Bertz CT molecular complexity index is 1550. The summed E-state index contributed by atoms with van der Waals surface area (Å²) < 4.78 is 19.7. The van der Waals surface area contributed by atoms with Gasteiger partial charge in [-0.05, 0) is 97.5 Å². The number of primary amides is 1. The predicted molar refractivity (Wildman–Crippen MR) is 173 cm³/mol. The first kappa shape index (κ1) is 30.1. The Kier molecular flexibility index (Phi) is 9.88. The first-order chi connectivity index (χ1) is 20.3. The number of nitrogens with zero attached hydrogens (tertiary/aromatic N) is 1. The van der Waals surface area contributed by atoms with Gasteiger partial charge in [0, 0.05) is 46.3 Å². The minimum absolute atomic E-state index is 0.0763. The van der Waals surface area contributed by atoms with Crippen LogP contribution in [-0.2, 0) is 4.79 Å². The van der Waals surface area contributed by atoms with E-state index in [4.69, 9.17) is 22.1 Å². The Morgan fingerprint density at radius 2 is 1.74 bits per heavy atom. The Labute approximate surface area is 258 Å². The fraction of sp³-hybridized carbons (Fsp3) is 0.273. The Hall–Kier alpha value is -3.33. The van der Waals surface area contributed by atoms with Crippen molar-refractivity contribution in [2.24, 2.45) is 11.7 Å². The van der Waals surface area contributed by atoms with E-state index in [2.05, 4.69) is 11.2 Å². The summed E-state index contributed by atoms with van der Waals surface area (Å²) in [5.74, 6) is 1.00. The summed E-state index contributed by atoms with van der Waals surface area (Å²) in [5, 5.41) is 0.287. The Balaban J connectivity index is 1.40. The van der Waals surface area contributed by atoms with Gasteiger partial charge in [-0.1, -0.05) is 23.7 Å². The molecule has 1 saturated heterocycles. The number of thioether (sulfide) groups is 1. The number of carbonyl (C=O) groups excluding carboxylic acids is 2. The molecule has 5 rings (SSSR count). The average molecular weight is 623 g/mol. The summed E-state index contributed by atoms with van der Waals surface area (Å²) in [4.78, 5) is 28.7. The number of amides is 1. The van der Waals surface area contributed by atoms with Crippen molar-refractivity contribution in [3.8, 4) is 27.3 Å². The van der Waals surface area contributed by atoms with Crippen LogP contribution < -0.4 is 15.4 Å². The highest BCUT2D eigenvalue weighted by Gasteiger charge is 2.24. The van der Waals surface area contributed by atoms with E-state index in [1.165, 1.54) is 23.5 Å². The number of anilines is 1. The molecule has 0 aliphatic carbocycles. The standard InChI is InChI=1S/C33H32ClFN2O3S2/c1-41-18-2-17-40-26-10-5-21(6-11-26)28-20-30(42-32(28)27-12-7-24(35)19-29(27)34)31(38)22-3-8-25(9-4-22)37-15-13-23(14-16-37)33(36)39/h3-12,19-20,23H,2,13-18H2,1H3,(H2,36,39). The van der Waals surface area contributed by atoms with Crippen LogP contribution in [-0.4, -0.2) is 43.4 Å². The van der Waals surface area contributed by atoms with Gasteiger partial charge in [-0.2, -0.15) is 11.8 Å². The maximum Gasteiger partial charge on any atom is 0.220 e. The number of piperidine rings is 1. The van der Waals surface area contributed by atoms with Crippen molar-refractivity contribution in [3.63, 3.8) is 0 Å². The van der Waals surface area contributed by atoms with Crippen molar-refractivity contribution in [3.05, 3.63) is 94.1 Å². The van der Waals surface area contributed by atoms with Gasteiger partial charge in [0.25, 0.3) is 0 Å². The van der Waals surface area contributed by atoms with Crippen LogP contribution in [0.5, 0.6) is 5.75 Å². The van der Waals surface area contributed by atoms with Crippen LogP contribution >= 0.6 is 34.7 Å². The van der Waals surface area contributed by atoms with Crippen molar-refractivity contribution in [1.29, 1.82) is 0 Å². The van der Waals surface area contributed by atoms with Crippen molar-refractivity contribution in [2.75, 3.05) is 36.6 Å². The number of carbonyl (C=O) groups is 2. The third kappa shape index (κ3) is 7.00. The van der Waals surface area contributed by atoms with Crippen LogP contribution in [0.15, 0.2) is 72.8 Å². The first-order valence-electron chi connectivity index (χ1n) is 13.8. The first-order valence-corrected chi connectivity index (χ1v) is 16.4. The second-order valence-corrected chi connectivity index (χ2v) is 12.7. The molecule has 0 spiro atoms. The van der Waals surface area contributed by atoms with Gasteiger partial charge < -0.3 is 15.4 Å². The van der Waals surface area contributed by atoms with Crippen LogP contribution in [0.4, 0.5) is 10.1 Å². The van der Waals surface area contributed by atoms with E-state index in [1.54, 1.807) is 17.8 Å². The predicted octanol–water partition coefficient (Wildman–Crippen LogP) is 7.94. The molecular weight excluding hydrogens is 591 g/mol. The molecule has 0 radical (unpaired) electrons. The van der Waals surface area contributed by atoms with E-state index in [9.17, 15) is 14.0 Å². The third-order valence-corrected chi connectivity index (χ3v) is 9.63. The summed E-state index contributed by atoms with van der Waals surface area (Å²) in [5.41, 5.74) is 9.48. The van der Waals surface area contributed by atoms with Gasteiger partial charge in [0.1, 0.15) is 11.6 Å². The largest absolute Gasteiger partial charge is 0.494 e. The number of ether oxygens (including phenoxy) is 1. The Morgan fingerprint density at radius 3 is 2.38 bits per heavy atom. The van der Waals surface area contributed by atoms with E-state index >= 15 is 0 Å². The van der Waals surface area contributed by atoms with Crippen LogP contribution in [0, 0.1) is 11.7 Å². The maximum absolute atomic E-state index is 13.9. The zero-order valence-corrected chi connectivity index (χ0v) is 25.7. The molecule has 0 atom stereocenters. The fourth-order valence-electron chi connectivity index (χ4n) is 5.10. The number of thiophene rings is 1. The van der Waals surface area contributed by atoms with Gasteiger partial charge in [0.05, 0.1) is 16.5 Å². The van der Waals surface area contributed by atoms with Crippen LogP contribution in [0.1, 0.15) is 34.5 Å². The van der Waals surface area contributed by atoms with E-state index in [1.807, 2.05) is 54.6 Å². The van der Waals surface area contributed by atoms with Gasteiger partial charge in [0.15, 0.2) is 0 Å². The molecule has 2 N–H and O–H groups in total. The molecule has 1 fully saturated rings. The van der Waals surface area contributed by atoms with Crippen molar-refractivity contribution in [2.45, 2.75) is 19.3 Å². The molecule has 9 heteroatoms. The number of hydrogen-bond acceptors (Lipinski definition) is 6. The molecule has 4 aromatic rings. The topological polar surface area (TPSA) is 72.6 Å². The number of ketones is 1. The summed E-state index contributed by atoms with van der Waals surface area (Å²) in [6.07, 6.45) is 4.51. The highest BCUT2D eigenvalue weighted by atomic mass is 35.5. The third-order valence-electron chi connectivity index (χ3n) is 7.45.